The van der Waals surface area contributed by atoms with Crippen LogP contribution in [0.1, 0.15) is 26.3 Å². The molecule has 5 atom stereocenters. The number of aliphatic carboxylic acids is 1. The van der Waals surface area contributed by atoms with Gasteiger partial charge in [0.15, 0.2) is 6.04 Å². The minimum atomic E-state index is -1.55. The highest BCUT2D eigenvalue weighted by atomic mass is 32.1. The number of thiol groups is 1. The average Bonchev–Trinajstić information content (AvgIpc) is 2.74. The Kier molecular flexibility index (Phi) is 11.2. The summed E-state index contributed by atoms with van der Waals surface area (Å²) in [7, 11) is 0. The second-order valence-corrected chi connectivity index (χ2v) is 8.20. The van der Waals surface area contributed by atoms with Crippen molar-refractivity contribution >= 4 is 36.3 Å². The van der Waals surface area contributed by atoms with Gasteiger partial charge in [0.2, 0.25) is 17.7 Å². The van der Waals surface area contributed by atoms with Gasteiger partial charge in [0.05, 0.1) is 12.1 Å². The molecular formula is C21H32N4O6S. The predicted molar refractivity (Wildman–Crippen MR) is 122 cm³/mol. The molecule has 10 nitrogen and oxygen atoms in total. The van der Waals surface area contributed by atoms with Crippen molar-refractivity contribution in [1.82, 2.24) is 16.0 Å². The molecule has 0 heterocycles. The number of aliphatic hydroxyl groups is 1. The van der Waals surface area contributed by atoms with Crippen LogP contribution in [-0.4, -0.2) is 69.9 Å². The number of carboxylic acid groups (broad SMARTS) is 1. The molecule has 0 aliphatic rings. The molecule has 0 aliphatic heterocycles. The third-order valence-corrected chi connectivity index (χ3v) is 5.14. The van der Waals surface area contributed by atoms with Crippen LogP contribution in [0.4, 0.5) is 0 Å². The van der Waals surface area contributed by atoms with Crippen molar-refractivity contribution < 1.29 is 29.4 Å². The first-order chi connectivity index (χ1) is 15.0. The summed E-state index contributed by atoms with van der Waals surface area (Å²) in [6.07, 6.45) is -1.28. The molecule has 32 heavy (non-hydrogen) atoms. The van der Waals surface area contributed by atoms with E-state index in [1.165, 1.54) is 6.92 Å². The molecule has 0 saturated heterocycles. The number of carboxylic acids is 1. The number of carbonyl (C=O) groups is 4. The second-order valence-electron chi connectivity index (χ2n) is 7.84. The van der Waals surface area contributed by atoms with Gasteiger partial charge in [-0.1, -0.05) is 44.2 Å². The summed E-state index contributed by atoms with van der Waals surface area (Å²) in [6.45, 7) is 4.67. The molecule has 11 heteroatoms. The molecule has 0 saturated carbocycles. The number of nitrogens with one attached hydrogen (secondary N) is 3. The predicted octanol–water partition coefficient (Wildman–Crippen LogP) is -0.938. The number of carbonyl (C=O) groups excluding carboxylic acids is 3. The minimum absolute atomic E-state index is 0.0689. The Hall–Kier alpha value is -2.63. The highest BCUT2D eigenvalue weighted by Gasteiger charge is 2.32. The summed E-state index contributed by atoms with van der Waals surface area (Å²) in [6, 6.07) is 4.24. The fourth-order valence-corrected chi connectivity index (χ4v) is 3.01. The van der Waals surface area contributed by atoms with Gasteiger partial charge in [-0.05, 0) is 18.4 Å². The summed E-state index contributed by atoms with van der Waals surface area (Å²) in [5.41, 5.74) is 6.39. The Labute approximate surface area is 192 Å². The minimum Gasteiger partial charge on any atom is -0.480 e. The molecule has 0 aliphatic carbocycles. The van der Waals surface area contributed by atoms with E-state index in [0.717, 1.165) is 5.56 Å². The highest BCUT2D eigenvalue weighted by molar-refractivity contribution is 7.80. The summed E-state index contributed by atoms with van der Waals surface area (Å²) >= 11 is 3.98. The Morgan fingerprint density at radius 3 is 1.97 bits per heavy atom. The van der Waals surface area contributed by atoms with Gasteiger partial charge in [0.25, 0.3) is 0 Å². The van der Waals surface area contributed by atoms with Gasteiger partial charge in [0, 0.05) is 12.2 Å². The van der Waals surface area contributed by atoms with Crippen LogP contribution in [-0.2, 0) is 25.6 Å². The molecule has 0 radical (unpaired) electrons. The van der Waals surface area contributed by atoms with E-state index < -0.39 is 54.0 Å². The summed E-state index contributed by atoms with van der Waals surface area (Å²) in [4.78, 5) is 49.3. The maximum atomic E-state index is 13.0. The third-order valence-electron chi connectivity index (χ3n) is 4.74. The van der Waals surface area contributed by atoms with Crippen LogP contribution < -0.4 is 21.7 Å². The van der Waals surface area contributed by atoms with E-state index in [1.807, 2.05) is 0 Å². The van der Waals surface area contributed by atoms with E-state index in [1.54, 1.807) is 44.2 Å². The number of rotatable bonds is 12. The second kappa shape index (κ2) is 13.0. The SMILES string of the molecule is CC(C)C(NC(=O)C(N)CS)C(=O)NC(Cc1ccccc1)C(=O)NC(C(=O)O)C(C)O. The standard InChI is InChI=1S/C21H32N4O6S/c1-11(2)16(24-18(27)14(22)10-32)20(29)23-15(9-13-7-5-4-6-8-13)19(28)25-17(12(3)26)21(30)31/h4-8,11-12,14-17,26,32H,9-10,22H2,1-3H3,(H,23,29)(H,24,27)(H,25,28)(H,30,31). The van der Waals surface area contributed by atoms with Gasteiger partial charge in [-0.2, -0.15) is 12.6 Å². The van der Waals surface area contributed by atoms with Crippen molar-refractivity contribution in [3.05, 3.63) is 35.9 Å². The van der Waals surface area contributed by atoms with Gasteiger partial charge in [-0.25, -0.2) is 4.79 Å². The number of aliphatic hydroxyl groups excluding tert-OH is 1. The normalized spacial score (nSPS) is 15.7. The number of amides is 3. The van der Waals surface area contributed by atoms with E-state index in [-0.39, 0.29) is 18.1 Å². The van der Waals surface area contributed by atoms with Crippen LogP contribution in [0.5, 0.6) is 0 Å². The summed E-state index contributed by atoms with van der Waals surface area (Å²) in [5, 5.41) is 26.3. The lowest BCUT2D eigenvalue weighted by atomic mass is 10.0. The van der Waals surface area contributed by atoms with Gasteiger partial charge >= 0.3 is 5.97 Å². The fraction of sp³-hybridized carbons (Fsp3) is 0.524. The Morgan fingerprint density at radius 2 is 1.50 bits per heavy atom. The lowest BCUT2D eigenvalue weighted by Crippen LogP contribution is -2.59. The molecule has 0 fully saturated rings. The number of hydrogen-bond acceptors (Lipinski definition) is 7. The first kappa shape index (κ1) is 27.4. The van der Waals surface area contributed by atoms with Crippen LogP contribution >= 0.6 is 12.6 Å². The number of benzene rings is 1. The van der Waals surface area contributed by atoms with Crippen molar-refractivity contribution in [3.63, 3.8) is 0 Å². The lowest BCUT2D eigenvalue weighted by molar-refractivity contribution is -0.145. The molecular weight excluding hydrogens is 436 g/mol. The summed E-state index contributed by atoms with van der Waals surface area (Å²) in [5.74, 6) is -3.61. The van der Waals surface area contributed by atoms with Crippen LogP contribution in [0, 0.1) is 5.92 Å². The number of nitrogens with two attached hydrogens (primary N) is 1. The highest BCUT2D eigenvalue weighted by Crippen LogP contribution is 2.08. The van der Waals surface area contributed by atoms with Crippen LogP contribution in [0.25, 0.3) is 0 Å². The van der Waals surface area contributed by atoms with Crippen LogP contribution in [0.15, 0.2) is 30.3 Å². The molecule has 0 spiro atoms. The van der Waals surface area contributed by atoms with E-state index >= 15 is 0 Å². The number of hydrogen-bond donors (Lipinski definition) is 7. The topological polar surface area (TPSA) is 171 Å². The Balaban J connectivity index is 3.09. The largest absolute Gasteiger partial charge is 0.480 e. The van der Waals surface area contributed by atoms with Gasteiger partial charge in [0.1, 0.15) is 12.1 Å². The lowest BCUT2D eigenvalue weighted by Gasteiger charge is -2.27. The van der Waals surface area contributed by atoms with E-state index in [9.17, 15) is 29.4 Å². The zero-order valence-electron chi connectivity index (χ0n) is 18.3. The van der Waals surface area contributed by atoms with Crippen molar-refractivity contribution in [2.24, 2.45) is 11.7 Å². The smallest absolute Gasteiger partial charge is 0.328 e. The average molecular weight is 469 g/mol. The Morgan fingerprint density at radius 1 is 0.938 bits per heavy atom. The maximum Gasteiger partial charge on any atom is 0.328 e. The monoisotopic (exact) mass is 468 g/mol. The van der Waals surface area contributed by atoms with Gasteiger partial charge in [-0.15, -0.1) is 0 Å². The quantitative estimate of drug-likeness (QED) is 0.194. The maximum absolute atomic E-state index is 13.0. The molecule has 0 bridgehead atoms. The van der Waals surface area contributed by atoms with Crippen molar-refractivity contribution in [2.75, 3.05) is 5.75 Å². The van der Waals surface area contributed by atoms with Crippen molar-refractivity contribution in [1.29, 1.82) is 0 Å². The van der Waals surface area contributed by atoms with E-state index in [2.05, 4.69) is 28.6 Å². The van der Waals surface area contributed by atoms with E-state index in [4.69, 9.17) is 5.73 Å². The molecule has 7 N–H and O–H groups in total. The third kappa shape index (κ3) is 8.48. The zero-order chi connectivity index (χ0) is 24.4. The van der Waals surface area contributed by atoms with E-state index in [0.29, 0.717) is 0 Å². The molecule has 1 rings (SSSR count). The van der Waals surface area contributed by atoms with Crippen molar-refractivity contribution in [3.8, 4) is 0 Å². The molecule has 1 aromatic rings. The van der Waals surface area contributed by atoms with Gasteiger partial charge in [-0.3, -0.25) is 14.4 Å². The Bertz CT molecular complexity index is 790. The molecule has 178 valence electrons. The molecule has 1 aromatic carbocycles. The first-order valence-corrected chi connectivity index (χ1v) is 10.8. The molecule has 5 unspecified atom stereocenters. The van der Waals surface area contributed by atoms with Gasteiger partial charge < -0.3 is 31.9 Å². The van der Waals surface area contributed by atoms with Crippen LogP contribution in [0.3, 0.4) is 0 Å². The van der Waals surface area contributed by atoms with Crippen molar-refractivity contribution in [2.45, 2.75) is 57.5 Å². The molecule has 3 amide bonds. The summed E-state index contributed by atoms with van der Waals surface area (Å²) < 4.78 is 0. The fourth-order valence-electron chi connectivity index (χ4n) is 2.84. The first-order valence-electron chi connectivity index (χ1n) is 10.2. The van der Waals surface area contributed by atoms with Crippen LogP contribution in [0.2, 0.25) is 0 Å². The zero-order valence-corrected chi connectivity index (χ0v) is 19.2. The molecule has 0 aromatic heterocycles.